The van der Waals surface area contributed by atoms with E-state index in [0.717, 1.165) is 5.82 Å². The highest BCUT2D eigenvalue weighted by atomic mass is 19.1. The average Bonchev–Trinajstić information content (AvgIpc) is 2.75. The maximum Gasteiger partial charge on any atom is 0.131 e. The van der Waals surface area contributed by atoms with Crippen molar-refractivity contribution in [2.24, 2.45) is 5.73 Å². The van der Waals surface area contributed by atoms with Crippen LogP contribution < -0.4 is 10.5 Å². The molecule has 0 saturated heterocycles. The third-order valence-corrected chi connectivity index (χ3v) is 2.79. The first kappa shape index (κ1) is 12.6. The molecule has 0 aliphatic rings. The normalized spacial score (nSPS) is 10.6. The minimum absolute atomic E-state index is 0.131. The third-order valence-electron chi connectivity index (χ3n) is 2.79. The zero-order valence-electron chi connectivity index (χ0n) is 10.3. The molecule has 0 spiro atoms. The number of nitrogens with zero attached hydrogens (tertiary/aromatic N) is 2. The van der Waals surface area contributed by atoms with E-state index in [1.54, 1.807) is 18.3 Å². The maximum atomic E-state index is 13.4. The van der Waals surface area contributed by atoms with Crippen molar-refractivity contribution in [2.75, 3.05) is 6.61 Å². The van der Waals surface area contributed by atoms with Crippen LogP contribution >= 0.6 is 0 Å². The first-order chi connectivity index (χ1) is 8.72. The zero-order chi connectivity index (χ0) is 13.0. The molecule has 1 heterocycles. The maximum absolute atomic E-state index is 13.4. The number of ether oxygens (including phenoxy) is 1. The van der Waals surface area contributed by atoms with Gasteiger partial charge in [0.25, 0.3) is 0 Å². The second-order valence-corrected chi connectivity index (χ2v) is 3.94. The Morgan fingerprint density at radius 2 is 2.28 bits per heavy atom. The molecule has 0 aliphatic heterocycles. The number of aromatic nitrogens is 2. The zero-order valence-corrected chi connectivity index (χ0v) is 10.3. The predicted octanol–water partition coefficient (Wildman–Crippen LogP) is 1.87. The minimum Gasteiger partial charge on any atom is -0.491 e. The van der Waals surface area contributed by atoms with Crippen LogP contribution in [0.4, 0.5) is 4.39 Å². The van der Waals surface area contributed by atoms with Gasteiger partial charge in [-0.05, 0) is 19.1 Å². The van der Waals surface area contributed by atoms with Gasteiger partial charge in [0, 0.05) is 24.5 Å². The van der Waals surface area contributed by atoms with E-state index >= 15 is 0 Å². The van der Waals surface area contributed by atoms with Crippen molar-refractivity contribution < 1.29 is 9.13 Å². The van der Waals surface area contributed by atoms with Gasteiger partial charge in [0.1, 0.15) is 24.0 Å². The molecule has 4 nitrogen and oxygen atoms in total. The largest absolute Gasteiger partial charge is 0.491 e. The summed E-state index contributed by atoms with van der Waals surface area (Å²) in [5.74, 6) is 1.11. The van der Waals surface area contributed by atoms with Crippen LogP contribution in [0.1, 0.15) is 11.4 Å². The van der Waals surface area contributed by atoms with Crippen LogP contribution in [-0.2, 0) is 13.1 Å². The fourth-order valence-corrected chi connectivity index (χ4v) is 1.77. The smallest absolute Gasteiger partial charge is 0.131 e. The van der Waals surface area contributed by atoms with Crippen molar-refractivity contribution >= 4 is 0 Å². The molecule has 0 amide bonds. The Labute approximate surface area is 105 Å². The number of hydrogen-bond acceptors (Lipinski definition) is 3. The Kier molecular flexibility index (Phi) is 3.94. The van der Waals surface area contributed by atoms with Crippen molar-refractivity contribution in [2.45, 2.75) is 20.0 Å². The monoisotopic (exact) mass is 249 g/mol. The van der Waals surface area contributed by atoms with Crippen LogP contribution in [0, 0.1) is 12.7 Å². The van der Waals surface area contributed by atoms with Gasteiger partial charge in [-0.2, -0.15) is 0 Å². The van der Waals surface area contributed by atoms with Crippen molar-refractivity contribution in [1.29, 1.82) is 0 Å². The van der Waals surface area contributed by atoms with Crippen LogP contribution in [0.3, 0.4) is 0 Å². The summed E-state index contributed by atoms with van der Waals surface area (Å²) in [5.41, 5.74) is 5.92. The van der Waals surface area contributed by atoms with Gasteiger partial charge >= 0.3 is 0 Å². The molecule has 0 bridgehead atoms. The molecular weight excluding hydrogens is 233 g/mol. The number of aryl methyl sites for hydroxylation is 1. The Morgan fingerprint density at radius 1 is 1.44 bits per heavy atom. The second-order valence-electron chi connectivity index (χ2n) is 3.94. The summed E-state index contributed by atoms with van der Waals surface area (Å²) in [4.78, 5) is 4.12. The fraction of sp³-hybridized carbons (Fsp3) is 0.308. The summed E-state index contributed by atoms with van der Waals surface area (Å²) in [6.07, 6.45) is 3.62. The minimum atomic E-state index is -0.325. The van der Waals surface area contributed by atoms with Gasteiger partial charge in [0.2, 0.25) is 0 Å². The molecule has 1 aromatic heterocycles. The van der Waals surface area contributed by atoms with Crippen LogP contribution in [0.2, 0.25) is 0 Å². The summed E-state index contributed by atoms with van der Waals surface area (Å²) in [7, 11) is 0. The Bertz CT molecular complexity index is 525. The first-order valence-corrected chi connectivity index (χ1v) is 5.80. The lowest BCUT2D eigenvalue weighted by Crippen LogP contribution is -2.11. The van der Waals surface area contributed by atoms with E-state index in [9.17, 15) is 4.39 Å². The summed E-state index contributed by atoms with van der Waals surface area (Å²) >= 11 is 0. The SMILES string of the molecule is Cc1nccn1CCOc1cccc(F)c1CN. The van der Waals surface area contributed by atoms with E-state index in [0.29, 0.717) is 24.5 Å². The van der Waals surface area contributed by atoms with Gasteiger partial charge in [-0.1, -0.05) is 6.07 Å². The molecular formula is C13H16FN3O. The van der Waals surface area contributed by atoms with Gasteiger partial charge in [0.05, 0.1) is 6.54 Å². The van der Waals surface area contributed by atoms with Gasteiger partial charge in [-0.3, -0.25) is 0 Å². The van der Waals surface area contributed by atoms with E-state index in [4.69, 9.17) is 10.5 Å². The van der Waals surface area contributed by atoms with Crippen molar-refractivity contribution in [3.05, 3.63) is 47.8 Å². The lowest BCUT2D eigenvalue weighted by molar-refractivity contribution is 0.292. The number of rotatable bonds is 5. The van der Waals surface area contributed by atoms with Crippen LogP contribution in [0.15, 0.2) is 30.6 Å². The summed E-state index contributed by atoms with van der Waals surface area (Å²) in [5, 5.41) is 0. The van der Waals surface area contributed by atoms with E-state index in [1.165, 1.54) is 6.07 Å². The Balaban J connectivity index is 1.98. The van der Waals surface area contributed by atoms with Crippen molar-refractivity contribution in [1.82, 2.24) is 9.55 Å². The van der Waals surface area contributed by atoms with Gasteiger partial charge < -0.3 is 15.0 Å². The quantitative estimate of drug-likeness (QED) is 0.880. The Morgan fingerprint density at radius 3 is 2.94 bits per heavy atom. The molecule has 96 valence electrons. The van der Waals surface area contributed by atoms with Crippen LogP contribution in [0.25, 0.3) is 0 Å². The standard InChI is InChI=1S/C13H16FN3O/c1-10-16-5-6-17(10)7-8-18-13-4-2-3-12(14)11(13)9-15/h2-6H,7-9,15H2,1H3. The molecule has 0 atom stereocenters. The van der Waals surface area contributed by atoms with Crippen molar-refractivity contribution in [3.63, 3.8) is 0 Å². The Hall–Kier alpha value is -1.88. The summed E-state index contributed by atoms with van der Waals surface area (Å²) in [6, 6.07) is 4.73. The molecule has 0 saturated carbocycles. The molecule has 2 N–H and O–H groups in total. The molecule has 2 rings (SSSR count). The molecule has 2 aromatic rings. The first-order valence-electron chi connectivity index (χ1n) is 5.80. The number of benzene rings is 1. The van der Waals surface area contributed by atoms with E-state index < -0.39 is 0 Å². The van der Waals surface area contributed by atoms with Crippen molar-refractivity contribution in [3.8, 4) is 5.75 Å². The topological polar surface area (TPSA) is 53.1 Å². The average molecular weight is 249 g/mol. The summed E-state index contributed by atoms with van der Waals surface area (Å²) < 4.78 is 21.0. The fourth-order valence-electron chi connectivity index (χ4n) is 1.77. The highest BCUT2D eigenvalue weighted by Crippen LogP contribution is 2.20. The molecule has 0 radical (unpaired) electrons. The van der Waals surface area contributed by atoms with E-state index in [-0.39, 0.29) is 12.4 Å². The van der Waals surface area contributed by atoms with Crippen LogP contribution in [0.5, 0.6) is 5.75 Å². The predicted molar refractivity (Wildman–Crippen MR) is 66.8 cm³/mol. The molecule has 0 unspecified atom stereocenters. The van der Waals surface area contributed by atoms with Gasteiger partial charge in [-0.15, -0.1) is 0 Å². The second kappa shape index (κ2) is 5.64. The van der Waals surface area contributed by atoms with Gasteiger partial charge in [-0.25, -0.2) is 9.37 Å². The molecule has 1 aromatic carbocycles. The van der Waals surface area contributed by atoms with Gasteiger partial charge in [0.15, 0.2) is 0 Å². The number of imidazole rings is 1. The number of halogens is 1. The molecule has 0 fully saturated rings. The lowest BCUT2D eigenvalue weighted by atomic mass is 10.2. The lowest BCUT2D eigenvalue weighted by Gasteiger charge is -2.11. The number of hydrogen-bond donors (Lipinski definition) is 1. The van der Waals surface area contributed by atoms with E-state index in [1.807, 2.05) is 17.7 Å². The summed E-state index contributed by atoms with van der Waals surface area (Å²) in [6.45, 7) is 3.18. The highest BCUT2D eigenvalue weighted by molar-refractivity contribution is 5.34. The van der Waals surface area contributed by atoms with Crippen LogP contribution in [-0.4, -0.2) is 16.2 Å². The number of nitrogens with two attached hydrogens (primary N) is 1. The van der Waals surface area contributed by atoms with E-state index in [2.05, 4.69) is 4.98 Å². The molecule has 0 aliphatic carbocycles. The third kappa shape index (κ3) is 2.68. The molecule has 5 heteroatoms. The highest BCUT2D eigenvalue weighted by Gasteiger charge is 2.07. The molecule has 18 heavy (non-hydrogen) atoms.